The van der Waals surface area contributed by atoms with E-state index in [9.17, 15) is 4.79 Å². The van der Waals surface area contributed by atoms with Crippen LogP contribution in [0, 0.1) is 6.92 Å². The number of aromatic nitrogens is 1. The number of hydrogen-bond donors (Lipinski definition) is 0. The van der Waals surface area contributed by atoms with E-state index in [1.54, 1.807) is 6.07 Å². The average Bonchev–Trinajstić information content (AvgIpc) is 2.68. The van der Waals surface area contributed by atoms with E-state index in [1.165, 1.54) is 6.07 Å². The third kappa shape index (κ3) is 1.45. The predicted octanol–water partition coefficient (Wildman–Crippen LogP) is 2.81. The van der Waals surface area contributed by atoms with Crippen LogP contribution in [-0.2, 0) is 6.42 Å². The van der Waals surface area contributed by atoms with E-state index in [2.05, 4.69) is 5.16 Å². The van der Waals surface area contributed by atoms with E-state index < -0.39 is 0 Å². The largest absolute Gasteiger partial charge is 0.423 e. The Labute approximate surface area is 96.8 Å². The van der Waals surface area contributed by atoms with Crippen molar-refractivity contribution in [1.29, 1.82) is 0 Å². The Kier molecular flexibility index (Phi) is 2.04. The average molecular weight is 229 g/mol. The predicted molar refractivity (Wildman–Crippen MR) is 64.2 cm³/mol. The van der Waals surface area contributed by atoms with Gasteiger partial charge in [0.1, 0.15) is 5.58 Å². The minimum atomic E-state index is -0.343. The number of benzene rings is 1. The molecule has 4 heteroatoms. The zero-order chi connectivity index (χ0) is 12.0. The maximum Gasteiger partial charge on any atom is 0.336 e. The zero-order valence-electron chi connectivity index (χ0n) is 9.61. The van der Waals surface area contributed by atoms with Gasteiger partial charge in [0.15, 0.2) is 5.58 Å². The van der Waals surface area contributed by atoms with Gasteiger partial charge in [0, 0.05) is 22.9 Å². The van der Waals surface area contributed by atoms with Gasteiger partial charge in [-0.15, -0.1) is 0 Å². The number of nitrogens with zero attached hydrogens (tertiary/aromatic N) is 1. The van der Waals surface area contributed by atoms with Crippen LogP contribution >= 0.6 is 0 Å². The van der Waals surface area contributed by atoms with E-state index in [0.29, 0.717) is 11.2 Å². The summed E-state index contributed by atoms with van der Waals surface area (Å²) < 4.78 is 10.4. The summed E-state index contributed by atoms with van der Waals surface area (Å²) in [5.41, 5.74) is 2.68. The second kappa shape index (κ2) is 3.45. The molecular formula is C13H11NO3. The molecule has 3 rings (SSSR count). The molecule has 0 N–H and O–H groups in total. The topological polar surface area (TPSA) is 56.2 Å². The molecule has 0 aliphatic carbocycles. The van der Waals surface area contributed by atoms with Crippen molar-refractivity contribution in [2.75, 3.05) is 0 Å². The van der Waals surface area contributed by atoms with E-state index >= 15 is 0 Å². The Morgan fingerprint density at radius 1 is 1.18 bits per heavy atom. The highest BCUT2D eigenvalue weighted by atomic mass is 16.5. The molecule has 0 unspecified atom stereocenters. The minimum absolute atomic E-state index is 0.343. The van der Waals surface area contributed by atoms with Gasteiger partial charge in [-0.05, 0) is 25.0 Å². The third-order valence-electron chi connectivity index (χ3n) is 2.95. The Morgan fingerprint density at radius 2 is 2.00 bits per heavy atom. The van der Waals surface area contributed by atoms with Crippen LogP contribution < -0.4 is 5.63 Å². The first-order valence-corrected chi connectivity index (χ1v) is 5.52. The van der Waals surface area contributed by atoms with Crippen LogP contribution in [0.15, 0.2) is 31.9 Å². The zero-order valence-corrected chi connectivity index (χ0v) is 9.61. The fourth-order valence-corrected chi connectivity index (χ4v) is 2.06. The van der Waals surface area contributed by atoms with Gasteiger partial charge in [0.05, 0.1) is 5.69 Å². The SMILES string of the molecule is CCc1noc2cc3oc(=O)cc(C)c3cc12. The van der Waals surface area contributed by atoms with E-state index in [1.807, 2.05) is 19.9 Å². The summed E-state index contributed by atoms with van der Waals surface area (Å²) in [4.78, 5) is 11.3. The molecule has 0 aliphatic heterocycles. The van der Waals surface area contributed by atoms with Crippen LogP contribution in [0.4, 0.5) is 0 Å². The summed E-state index contributed by atoms with van der Waals surface area (Å²) in [6, 6.07) is 5.19. The first kappa shape index (κ1) is 10.1. The van der Waals surface area contributed by atoms with Gasteiger partial charge < -0.3 is 8.94 Å². The molecule has 3 aromatic rings. The van der Waals surface area contributed by atoms with Gasteiger partial charge >= 0.3 is 5.63 Å². The van der Waals surface area contributed by atoms with E-state index in [-0.39, 0.29) is 5.63 Å². The molecule has 0 atom stereocenters. The summed E-state index contributed by atoms with van der Waals surface area (Å²) in [6.07, 6.45) is 0.814. The molecular weight excluding hydrogens is 218 g/mol. The second-order valence-corrected chi connectivity index (χ2v) is 4.08. The fraction of sp³-hybridized carbons (Fsp3) is 0.231. The molecule has 0 fully saturated rings. The Hall–Kier alpha value is -2.10. The molecule has 86 valence electrons. The van der Waals surface area contributed by atoms with Crippen LogP contribution in [0.3, 0.4) is 0 Å². The highest BCUT2D eigenvalue weighted by Crippen LogP contribution is 2.26. The summed E-state index contributed by atoms with van der Waals surface area (Å²) in [7, 11) is 0. The number of aryl methyl sites for hydroxylation is 2. The van der Waals surface area contributed by atoms with Crippen molar-refractivity contribution in [1.82, 2.24) is 5.16 Å². The van der Waals surface area contributed by atoms with Gasteiger partial charge in [-0.25, -0.2) is 4.79 Å². The van der Waals surface area contributed by atoms with Crippen molar-refractivity contribution in [3.8, 4) is 0 Å². The van der Waals surface area contributed by atoms with E-state index in [0.717, 1.165) is 28.5 Å². The quantitative estimate of drug-likeness (QED) is 0.602. The van der Waals surface area contributed by atoms with Crippen molar-refractivity contribution in [3.05, 3.63) is 39.9 Å². The van der Waals surface area contributed by atoms with Crippen LogP contribution in [0.2, 0.25) is 0 Å². The number of fused-ring (bicyclic) bond motifs is 2. The standard InChI is InChI=1S/C13H11NO3/c1-3-10-9-5-8-7(2)4-13(15)16-11(8)6-12(9)17-14-10/h4-6H,3H2,1-2H3. The number of rotatable bonds is 1. The molecule has 0 aliphatic rings. The lowest BCUT2D eigenvalue weighted by Crippen LogP contribution is -1.97. The van der Waals surface area contributed by atoms with Gasteiger partial charge in [0.2, 0.25) is 0 Å². The Balaban J connectivity index is 2.50. The van der Waals surface area contributed by atoms with Gasteiger partial charge in [-0.1, -0.05) is 12.1 Å². The van der Waals surface area contributed by atoms with Crippen LogP contribution in [0.25, 0.3) is 21.9 Å². The van der Waals surface area contributed by atoms with Crippen molar-refractivity contribution in [3.63, 3.8) is 0 Å². The Morgan fingerprint density at radius 3 is 2.76 bits per heavy atom. The first-order valence-electron chi connectivity index (χ1n) is 5.52. The molecule has 0 saturated carbocycles. The molecule has 2 heterocycles. The smallest absolute Gasteiger partial charge is 0.336 e. The summed E-state index contributed by atoms with van der Waals surface area (Å²) in [5.74, 6) is 0. The van der Waals surface area contributed by atoms with Crippen molar-refractivity contribution < 1.29 is 8.94 Å². The first-order chi connectivity index (χ1) is 8.19. The fourth-order valence-electron chi connectivity index (χ4n) is 2.06. The van der Waals surface area contributed by atoms with Crippen molar-refractivity contribution in [2.24, 2.45) is 0 Å². The molecule has 0 amide bonds. The Bertz CT molecular complexity index is 767. The number of hydrogen-bond acceptors (Lipinski definition) is 4. The molecule has 0 bridgehead atoms. The summed E-state index contributed by atoms with van der Waals surface area (Å²) >= 11 is 0. The maximum atomic E-state index is 11.3. The molecule has 4 nitrogen and oxygen atoms in total. The molecule has 2 aromatic heterocycles. The lowest BCUT2D eigenvalue weighted by atomic mass is 10.1. The van der Waals surface area contributed by atoms with Crippen LogP contribution in [0.1, 0.15) is 18.2 Å². The normalized spacial score (nSPS) is 11.4. The van der Waals surface area contributed by atoms with Crippen LogP contribution in [-0.4, -0.2) is 5.16 Å². The van der Waals surface area contributed by atoms with E-state index in [4.69, 9.17) is 8.94 Å². The molecule has 1 aromatic carbocycles. The molecule has 0 radical (unpaired) electrons. The van der Waals surface area contributed by atoms with Crippen molar-refractivity contribution >= 4 is 21.9 Å². The maximum absolute atomic E-state index is 11.3. The summed E-state index contributed by atoms with van der Waals surface area (Å²) in [6.45, 7) is 3.92. The van der Waals surface area contributed by atoms with Gasteiger partial charge in [-0.3, -0.25) is 0 Å². The lowest BCUT2D eigenvalue weighted by molar-refractivity contribution is 0.446. The highest BCUT2D eigenvalue weighted by Gasteiger charge is 2.10. The lowest BCUT2D eigenvalue weighted by Gasteiger charge is -1.99. The third-order valence-corrected chi connectivity index (χ3v) is 2.95. The molecule has 17 heavy (non-hydrogen) atoms. The van der Waals surface area contributed by atoms with Gasteiger partial charge in [0.25, 0.3) is 0 Å². The minimum Gasteiger partial charge on any atom is -0.423 e. The molecule has 0 spiro atoms. The second-order valence-electron chi connectivity index (χ2n) is 4.08. The highest BCUT2D eigenvalue weighted by molar-refractivity contribution is 5.95. The summed E-state index contributed by atoms with van der Waals surface area (Å²) in [5, 5.41) is 5.90. The van der Waals surface area contributed by atoms with Crippen molar-refractivity contribution in [2.45, 2.75) is 20.3 Å². The monoisotopic (exact) mass is 229 g/mol. The van der Waals surface area contributed by atoms with Crippen LogP contribution in [0.5, 0.6) is 0 Å². The molecule has 0 saturated heterocycles. The van der Waals surface area contributed by atoms with Gasteiger partial charge in [-0.2, -0.15) is 0 Å².